The van der Waals surface area contributed by atoms with Gasteiger partial charge in [0.05, 0.1) is 41.2 Å². The fourth-order valence-electron chi connectivity index (χ4n) is 5.02. The van der Waals surface area contributed by atoms with E-state index in [0.29, 0.717) is 17.2 Å². The monoisotopic (exact) mass is 511 g/mol. The number of nitriles is 2. The van der Waals surface area contributed by atoms with Gasteiger partial charge in [-0.1, -0.05) is 23.9 Å². The van der Waals surface area contributed by atoms with Crippen molar-refractivity contribution in [1.29, 1.82) is 10.5 Å². The van der Waals surface area contributed by atoms with Crippen molar-refractivity contribution in [2.45, 2.75) is 48.6 Å². The number of aromatic nitrogens is 4. The number of ether oxygens (including phenoxy) is 1. The number of fused-ring (bicyclic) bond motifs is 1. The van der Waals surface area contributed by atoms with E-state index in [1.807, 2.05) is 30.6 Å². The molecule has 1 aliphatic rings. The molecule has 0 saturated carbocycles. The molecule has 8 nitrogen and oxygen atoms in total. The van der Waals surface area contributed by atoms with Crippen molar-refractivity contribution in [1.82, 2.24) is 24.3 Å². The van der Waals surface area contributed by atoms with Gasteiger partial charge in [-0.25, -0.2) is 4.52 Å². The highest BCUT2D eigenvalue weighted by Gasteiger charge is 2.25. The Morgan fingerprint density at radius 2 is 1.84 bits per heavy atom. The molecule has 4 aromatic rings. The predicted molar refractivity (Wildman–Crippen MR) is 142 cm³/mol. The molecule has 3 aromatic heterocycles. The second-order valence-electron chi connectivity index (χ2n) is 9.43. The normalized spacial score (nSPS) is 15.5. The molecular weight excluding hydrogens is 482 g/mol. The number of hydrogen-bond donors (Lipinski definition) is 0. The molecule has 0 spiro atoms. The summed E-state index contributed by atoms with van der Waals surface area (Å²) in [4.78, 5) is 4.18. The minimum absolute atomic E-state index is 0.237. The quantitative estimate of drug-likeness (QED) is 0.342. The molecule has 0 unspecified atom stereocenters. The van der Waals surface area contributed by atoms with Crippen LogP contribution in [0.25, 0.3) is 16.6 Å². The number of nitrogens with zero attached hydrogens (tertiary/aromatic N) is 7. The number of benzene rings is 1. The van der Waals surface area contributed by atoms with Crippen LogP contribution < -0.4 is 0 Å². The van der Waals surface area contributed by atoms with Gasteiger partial charge in [-0.05, 0) is 44.9 Å². The largest absolute Gasteiger partial charge is 0.380 e. The van der Waals surface area contributed by atoms with Gasteiger partial charge < -0.3 is 9.64 Å². The SMILES string of the molecule is CO[C@H](C)CN1CCC(n2ncc(-c3cc(Sc4ccccc4C#N)c4c(C#N)cnn4c3)c2C)CC1. The Morgan fingerprint density at radius 3 is 2.57 bits per heavy atom. The van der Waals surface area contributed by atoms with Gasteiger partial charge in [0.25, 0.3) is 0 Å². The van der Waals surface area contributed by atoms with Crippen molar-refractivity contribution in [2.24, 2.45) is 0 Å². The zero-order valence-electron chi connectivity index (χ0n) is 21.3. The fraction of sp³-hybridized carbons (Fsp3) is 0.357. The Morgan fingerprint density at radius 1 is 1.08 bits per heavy atom. The summed E-state index contributed by atoms with van der Waals surface area (Å²) in [5, 5.41) is 28.5. The maximum absolute atomic E-state index is 9.69. The first-order valence-electron chi connectivity index (χ1n) is 12.4. The maximum Gasteiger partial charge on any atom is 0.103 e. The third-order valence-electron chi connectivity index (χ3n) is 7.10. The van der Waals surface area contributed by atoms with Crippen LogP contribution in [0.3, 0.4) is 0 Å². The van der Waals surface area contributed by atoms with E-state index >= 15 is 0 Å². The third kappa shape index (κ3) is 4.99. The Hall–Kier alpha value is -3.63. The summed E-state index contributed by atoms with van der Waals surface area (Å²) in [6.07, 6.45) is 7.82. The molecule has 1 atom stereocenters. The maximum atomic E-state index is 9.69. The molecule has 37 heavy (non-hydrogen) atoms. The van der Waals surface area contributed by atoms with Crippen LogP contribution in [0.2, 0.25) is 0 Å². The summed E-state index contributed by atoms with van der Waals surface area (Å²) in [6, 6.07) is 14.5. The number of likely N-dealkylation sites (tertiary alicyclic amines) is 1. The Kier molecular flexibility index (Phi) is 7.29. The average Bonchev–Trinajstić information content (AvgIpc) is 3.52. The first kappa shape index (κ1) is 25.0. The van der Waals surface area contributed by atoms with Crippen LogP contribution in [0.4, 0.5) is 0 Å². The highest BCUT2D eigenvalue weighted by atomic mass is 32.2. The van der Waals surface area contributed by atoms with Crippen molar-refractivity contribution in [2.75, 3.05) is 26.7 Å². The lowest BCUT2D eigenvalue weighted by Crippen LogP contribution is -2.39. The smallest absolute Gasteiger partial charge is 0.103 e. The van der Waals surface area contributed by atoms with Gasteiger partial charge in [-0.3, -0.25) is 4.68 Å². The van der Waals surface area contributed by atoms with Crippen LogP contribution in [0.15, 0.2) is 58.7 Å². The molecule has 0 N–H and O–H groups in total. The molecule has 1 fully saturated rings. The lowest BCUT2D eigenvalue weighted by atomic mass is 10.0. The van der Waals surface area contributed by atoms with Gasteiger partial charge in [0.15, 0.2) is 0 Å². The summed E-state index contributed by atoms with van der Waals surface area (Å²) in [7, 11) is 1.76. The van der Waals surface area contributed by atoms with Crippen LogP contribution in [0, 0.1) is 29.6 Å². The third-order valence-corrected chi connectivity index (χ3v) is 8.21. The van der Waals surface area contributed by atoms with Gasteiger partial charge in [-0.15, -0.1) is 0 Å². The summed E-state index contributed by atoms with van der Waals surface area (Å²) >= 11 is 1.48. The van der Waals surface area contributed by atoms with E-state index in [-0.39, 0.29) is 6.10 Å². The number of rotatable bonds is 7. The van der Waals surface area contributed by atoms with Gasteiger partial charge in [0.1, 0.15) is 12.1 Å². The molecule has 0 amide bonds. The number of hydrogen-bond acceptors (Lipinski definition) is 7. The van der Waals surface area contributed by atoms with Gasteiger partial charge in [-0.2, -0.15) is 20.7 Å². The zero-order valence-corrected chi connectivity index (χ0v) is 22.1. The van der Waals surface area contributed by atoms with Crippen molar-refractivity contribution >= 4 is 17.3 Å². The molecule has 1 aromatic carbocycles. The predicted octanol–water partition coefficient (Wildman–Crippen LogP) is 5.07. The van der Waals surface area contributed by atoms with Crippen LogP contribution in [-0.4, -0.2) is 57.1 Å². The van der Waals surface area contributed by atoms with Crippen molar-refractivity contribution < 1.29 is 4.74 Å². The van der Waals surface area contributed by atoms with Crippen molar-refractivity contribution in [3.63, 3.8) is 0 Å². The molecule has 0 bridgehead atoms. The first-order valence-corrected chi connectivity index (χ1v) is 13.2. The van der Waals surface area contributed by atoms with Gasteiger partial charge in [0, 0.05) is 59.6 Å². The fourth-order valence-corrected chi connectivity index (χ4v) is 6.11. The molecule has 5 rings (SSSR count). The Balaban J connectivity index is 1.47. The highest BCUT2D eigenvalue weighted by Crippen LogP contribution is 2.38. The Labute approximate surface area is 221 Å². The zero-order chi connectivity index (χ0) is 25.9. The summed E-state index contributed by atoms with van der Waals surface area (Å²) in [5.74, 6) is 0. The molecule has 1 aliphatic heterocycles. The molecule has 9 heteroatoms. The van der Waals surface area contributed by atoms with Crippen LogP contribution >= 0.6 is 11.8 Å². The Bertz CT molecular complexity index is 1500. The van der Waals surface area contributed by atoms with Gasteiger partial charge in [0.2, 0.25) is 0 Å². The van der Waals surface area contributed by atoms with E-state index in [4.69, 9.17) is 9.84 Å². The lowest BCUT2D eigenvalue weighted by molar-refractivity contribution is 0.0624. The molecule has 4 heterocycles. The lowest BCUT2D eigenvalue weighted by Gasteiger charge is -2.33. The van der Waals surface area contributed by atoms with Crippen LogP contribution in [0.1, 0.15) is 42.6 Å². The van der Waals surface area contributed by atoms with Gasteiger partial charge >= 0.3 is 0 Å². The van der Waals surface area contributed by atoms with Crippen molar-refractivity contribution in [3.8, 4) is 23.3 Å². The second kappa shape index (κ2) is 10.8. The van der Waals surface area contributed by atoms with E-state index < -0.39 is 0 Å². The topological polar surface area (TPSA) is 95.2 Å². The van der Waals surface area contributed by atoms with Crippen molar-refractivity contribution in [3.05, 3.63) is 65.7 Å². The van der Waals surface area contributed by atoms with Crippen LogP contribution in [0.5, 0.6) is 0 Å². The van der Waals surface area contributed by atoms with E-state index in [1.165, 1.54) is 11.8 Å². The number of piperidine rings is 1. The minimum Gasteiger partial charge on any atom is -0.380 e. The van der Waals surface area contributed by atoms with Crippen LogP contribution in [-0.2, 0) is 4.74 Å². The first-order chi connectivity index (χ1) is 18.0. The van der Waals surface area contributed by atoms with E-state index in [2.05, 4.69) is 46.7 Å². The highest BCUT2D eigenvalue weighted by molar-refractivity contribution is 7.99. The number of pyridine rings is 1. The second-order valence-corrected chi connectivity index (χ2v) is 10.5. The van der Waals surface area contributed by atoms with E-state index in [1.54, 1.807) is 23.9 Å². The molecule has 188 valence electrons. The average molecular weight is 512 g/mol. The van der Waals surface area contributed by atoms with E-state index in [0.717, 1.165) is 64.6 Å². The summed E-state index contributed by atoms with van der Waals surface area (Å²) < 4.78 is 9.36. The molecule has 0 radical (unpaired) electrons. The van der Waals surface area contributed by atoms with E-state index in [9.17, 15) is 10.5 Å². The molecular formula is C28H29N7OS. The standard InChI is InChI=1S/C28H29N7OS/c1-19(36-3)17-33-10-8-24(9-11-33)35-20(2)25(16-32-35)22-12-27(28-23(14-30)15-31-34(28)18-22)37-26-7-5-4-6-21(26)13-29/h4-7,12,15-16,18-19,24H,8-11,17H2,1-3H3/t19-/m1/s1. The number of methoxy groups -OCH3 is 1. The molecule has 0 aliphatic carbocycles. The summed E-state index contributed by atoms with van der Waals surface area (Å²) in [6.45, 7) is 7.24. The molecule has 1 saturated heterocycles. The minimum atomic E-state index is 0.237. The summed E-state index contributed by atoms with van der Waals surface area (Å²) in [5.41, 5.74) is 4.99.